The van der Waals surface area contributed by atoms with E-state index >= 15 is 0 Å². The molecule has 2 amide bonds. The summed E-state index contributed by atoms with van der Waals surface area (Å²) in [6, 6.07) is 20.3. The van der Waals surface area contributed by atoms with Crippen molar-refractivity contribution < 1.29 is 4.79 Å². The number of H-pyrrole nitrogens is 1. The monoisotopic (exact) mass is 403 g/mol. The fourth-order valence-electron chi connectivity index (χ4n) is 4.13. The zero-order chi connectivity index (χ0) is 20.9. The zero-order valence-electron chi connectivity index (χ0n) is 17.6. The van der Waals surface area contributed by atoms with Gasteiger partial charge in [0.05, 0.1) is 5.69 Å². The number of amides is 2. The number of imidazole rings is 1. The van der Waals surface area contributed by atoms with Crippen LogP contribution in [0.4, 0.5) is 10.5 Å². The van der Waals surface area contributed by atoms with Crippen LogP contribution in [-0.4, -0.2) is 47.1 Å². The molecule has 1 fully saturated rings. The highest BCUT2D eigenvalue weighted by atomic mass is 16.2. The Balaban J connectivity index is 1.41. The number of aromatic amines is 1. The Morgan fingerprint density at radius 3 is 2.37 bits per heavy atom. The number of carbonyl (C=O) groups is 1. The molecule has 1 aliphatic rings. The summed E-state index contributed by atoms with van der Waals surface area (Å²) >= 11 is 0. The number of piperidine rings is 1. The number of nitrogens with one attached hydrogen (secondary N) is 2. The number of aryl methyl sites for hydroxylation is 1. The maximum absolute atomic E-state index is 12.6. The quantitative estimate of drug-likeness (QED) is 0.671. The predicted octanol–water partition coefficient (Wildman–Crippen LogP) is 4.20. The van der Waals surface area contributed by atoms with Crippen molar-refractivity contribution in [2.45, 2.75) is 32.4 Å². The molecule has 2 aromatic carbocycles. The lowest BCUT2D eigenvalue weighted by Crippen LogP contribution is -2.50. The van der Waals surface area contributed by atoms with Crippen LogP contribution in [-0.2, 0) is 6.54 Å². The second-order valence-electron chi connectivity index (χ2n) is 7.79. The predicted molar refractivity (Wildman–Crippen MR) is 120 cm³/mol. The van der Waals surface area contributed by atoms with E-state index in [9.17, 15) is 4.79 Å². The number of anilines is 1. The summed E-state index contributed by atoms with van der Waals surface area (Å²) in [5.41, 5.74) is 4.27. The maximum atomic E-state index is 12.6. The number of likely N-dealkylation sites (tertiary alicyclic amines) is 1. The zero-order valence-corrected chi connectivity index (χ0v) is 17.6. The summed E-state index contributed by atoms with van der Waals surface area (Å²) < 4.78 is 0. The van der Waals surface area contributed by atoms with Crippen LogP contribution in [0.2, 0.25) is 0 Å². The minimum absolute atomic E-state index is 0.0460. The van der Waals surface area contributed by atoms with Crippen molar-refractivity contribution in [2.24, 2.45) is 0 Å². The summed E-state index contributed by atoms with van der Waals surface area (Å²) in [5, 5.41) is 2.80. The Hall–Kier alpha value is -3.12. The molecule has 30 heavy (non-hydrogen) atoms. The van der Waals surface area contributed by atoms with E-state index in [2.05, 4.69) is 34.3 Å². The molecule has 6 nitrogen and oxygen atoms in total. The second kappa shape index (κ2) is 9.13. The fourth-order valence-corrected chi connectivity index (χ4v) is 4.13. The third kappa shape index (κ3) is 4.39. The number of aromatic nitrogens is 2. The first kappa shape index (κ1) is 20.2. The number of urea groups is 1. The molecule has 156 valence electrons. The highest BCUT2D eigenvalue weighted by molar-refractivity contribution is 5.92. The summed E-state index contributed by atoms with van der Waals surface area (Å²) in [7, 11) is 1.69. The van der Waals surface area contributed by atoms with Gasteiger partial charge in [-0.1, -0.05) is 48.5 Å². The fraction of sp³-hybridized carbons (Fsp3) is 0.333. The van der Waals surface area contributed by atoms with Crippen molar-refractivity contribution in [3.63, 3.8) is 0 Å². The van der Waals surface area contributed by atoms with Crippen molar-refractivity contribution in [1.82, 2.24) is 20.2 Å². The molecule has 1 saturated heterocycles. The van der Waals surface area contributed by atoms with Crippen LogP contribution in [0.1, 0.15) is 24.2 Å². The topological polar surface area (TPSA) is 64.3 Å². The molecule has 0 unspecified atom stereocenters. The Morgan fingerprint density at radius 2 is 1.73 bits per heavy atom. The van der Waals surface area contributed by atoms with Crippen LogP contribution < -0.4 is 10.2 Å². The van der Waals surface area contributed by atoms with Gasteiger partial charge in [-0.2, -0.15) is 0 Å². The number of para-hydroxylation sites is 1. The molecule has 0 bridgehead atoms. The van der Waals surface area contributed by atoms with E-state index in [1.165, 1.54) is 0 Å². The van der Waals surface area contributed by atoms with Crippen molar-refractivity contribution in [2.75, 3.05) is 25.0 Å². The summed E-state index contributed by atoms with van der Waals surface area (Å²) in [5.74, 6) is 0.924. The number of carbonyl (C=O) groups excluding carboxylic acids is 1. The molecule has 0 atom stereocenters. The van der Waals surface area contributed by atoms with Gasteiger partial charge in [-0.25, -0.2) is 9.78 Å². The Morgan fingerprint density at radius 1 is 1.10 bits per heavy atom. The Labute approximate surface area is 177 Å². The molecule has 1 aliphatic heterocycles. The molecular weight excluding hydrogens is 374 g/mol. The average molecular weight is 404 g/mol. The number of benzene rings is 2. The third-order valence-electron chi connectivity index (χ3n) is 5.80. The molecule has 1 aromatic heterocycles. The van der Waals surface area contributed by atoms with Crippen molar-refractivity contribution >= 4 is 11.7 Å². The molecule has 0 saturated carbocycles. The van der Waals surface area contributed by atoms with Crippen molar-refractivity contribution in [3.8, 4) is 11.4 Å². The van der Waals surface area contributed by atoms with Crippen LogP contribution in [0.15, 0.2) is 60.7 Å². The highest BCUT2D eigenvalue weighted by Crippen LogP contribution is 2.25. The van der Waals surface area contributed by atoms with E-state index in [-0.39, 0.29) is 12.1 Å². The van der Waals surface area contributed by atoms with Gasteiger partial charge in [0.1, 0.15) is 5.82 Å². The van der Waals surface area contributed by atoms with Crippen molar-refractivity contribution in [1.29, 1.82) is 0 Å². The number of hydrogen-bond acceptors (Lipinski definition) is 3. The minimum Gasteiger partial charge on any atom is -0.342 e. The van der Waals surface area contributed by atoms with Gasteiger partial charge in [-0.05, 0) is 31.9 Å². The van der Waals surface area contributed by atoms with E-state index in [4.69, 9.17) is 4.98 Å². The second-order valence-corrected chi connectivity index (χ2v) is 7.79. The van der Waals surface area contributed by atoms with Gasteiger partial charge in [0, 0.05) is 49.7 Å². The van der Waals surface area contributed by atoms with Crippen LogP contribution in [0.25, 0.3) is 11.4 Å². The van der Waals surface area contributed by atoms with Gasteiger partial charge in [-0.15, -0.1) is 0 Å². The van der Waals surface area contributed by atoms with E-state index in [0.29, 0.717) is 0 Å². The van der Waals surface area contributed by atoms with Crippen molar-refractivity contribution in [3.05, 3.63) is 72.1 Å². The summed E-state index contributed by atoms with van der Waals surface area (Å²) in [6.45, 7) is 4.80. The lowest BCUT2D eigenvalue weighted by Gasteiger charge is -2.38. The van der Waals surface area contributed by atoms with Crippen LogP contribution in [0.3, 0.4) is 0 Å². The maximum Gasteiger partial charge on any atom is 0.321 e. The van der Waals surface area contributed by atoms with Gasteiger partial charge in [0.2, 0.25) is 0 Å². The first-order chi connectivity index (χ1) is 14.7. The highest BCUT2D eigenvalue weighted by Gasteiger charge is 2.29. The Bertz CT molecular complexity index is 962. The summed E-state index contributed by atoms with van der Waals surface area (Å²) in [6.07, 6.45) is 1.88. The SMILES string of the molecule is CNC(=O)N(c1ccccc1)C1CCN(Cc2nc(-c3ccccc3)[nH]c2C)CC1. The molecule has 0 radical (unpaired) electrons. The Kier molecular flexibility index (Phi) is 6.14. The number of hydrogen-bond donors (Lipinski definition) is 2. The largest absolute Gasteiger partial charge is 0.342 e. The van der Waals surface area contributed by atoms with Gasteiger partial charge in [0.25, 0.3) is 0 Å². The lowest BCUT2D eigenvalue weighted by atomic mass is 10.0. The summed E-state index contributed by atoms with van der Waals surface area (Å²) in [4.78, 5) is 25.2. The van der Waals surface area contributed by atoms with Gasteiger partial charge in [0.15, 0.2) is 0 Å². The first-order valence-electron chi connectivity index (χ1n) is 10.5. The van der Waals surface area contributed by atoms with Crippen LogP contribution in [0, 0.1) is 6.92 Å². The molecule has 2 N–H and O–H groups in total. The third-order valence-corrected chi connectivity index (χ3v) is 5.80. The lowest BCUT2D eigenvalue weighted by molar-refractivity contribution is 0.196. The van der Waals surface area contributed by atoms with E-state index in [1.54, 1.807) is 7.05 Å². The van der Waals surface area contributed by atoms with Gasteiger partial charge in [-0.3, -0.25) is 9.80 Å². The standard InChI is InChI=1S/C24H29N5O/c1-18-22(27-23(26-18)19-9-5-3-6-10-19)17-28-15-13-21(14-16-28)29(24(30)25-2)20-11-7-4-8-12-20/h3-12,21H,13-17H2,1-2H3,(H,25,30)(H,26,27). The molecule has 6 heteroatoms. The normalized spacial score (nSPS) is 15.1. The van der Waals surface area contributed by atoms with Crippen LogP contribution >= 0.6 is 0 Å². The number of rotatable bonds is 5. The number of nitrogens with zero attached hydrogens (tertiary/aromatic N) is 3. The molecular formula is C24H29N5O. The van der Waals surface area contributed by atoms with Gasteiger partial charge >= 0.3 is 6.03 Å². The molecule has 0 aliphatic carbocycles. The molecule has 0 spiro atoms. The first-order valence-corrected chi connectivity index (χ1v) is 10.5. The van der Waals surface area contributed by atoms with E-state index in [0.717, 1.165) is 60.9 Å². The average Bonchev–Trinajstić information content (AvgIpc) is 3.16. The van der Waals surface area contributed by atoms with Gasteiger partial charge < -0.3 is 10.3 Å². The smallest absolute Gasteiger partial charge is 0.321 e. The van der Waals surface area contributed by atoms with E-state index in [1.807, 2.05) is 53.4 Å². The minimum atomic E-state index is -0.0460. The molecule has 4 rings (SSSR count). The van der Waals surface area contributed by atoms with E-state index < -0.39 is 0 Å². The van der Waals surface area contributed by atoms with Crippen LogP contribution in [0.5, 0.6) is 0 Å². The molecule has 3 aromatic rings. The molecule has 2 heterocycles.